The van der Waals surface area contributed by atoms with Crippen molar-refractivity contribution in [3.63, 3.8) is 0 Å². The zero-order valence-electron chi connectivity index (χ0n) is 19.8. The van der Waals surface area contributed by atoms with Gasteiger partial charge in [0.1, 0.15) is 0 Å². The highest BCUT2D eigenvalue weighted by atomic mass is 35.5. The van der Waals surface area contributed by atoms with E-state index in [2.05, 4.69) is 4.90 Å². The van der Waals surface area contributed by atoms with Gasteiger partial charge in [-0.15, -0.1) is 0 Å². The van der Waals surface area contributed by atoms with Gasteiger partial charge in [-0.1, -0.05) is 29.3 Å². The predicted octanol–water partition coefficient (Wildman–Crippen LogP) is 2.72. The van der Waals surface area contributed by atoms with Crippen LogP contribution in [0.4, 0.5) is 0 Å². The van der Waals surface area contributed by atoms with E-state index in [1.807, 2.05) is 0 Å². The molecule has 194 valence electrons. The first kappa shape index (κ1) is 25.5. The summed E-state index contributed by atoms with van der Waals surface area (Å²) in [7, 11) is 0. The number of halogens is 2. The summed E-state index contributed by atoms with van der Waals surface area (Å²) >= 11 is 12.2. The number of piperidine rings is 2. The van der Waals surface area contributed by atoms with Crippen LogP contribution in [0.5, 0.6) is 0 Å². The van der Waals surface area contributed by atoms with Crippen molar-refractivity contribution in [1.82, 2.24) is 9.80 Å². The molecule has 4 heterocycles. The first-order chi connectivity index (χ1) is 17.3. The summed E-state index contributed by atoms with van der Waals surface area (Å²) in [6, 6.07) is 5.02. The summed E-state index contributed by atoms with van der Waals surface area (Å²) in [4.78, 5) is 42.5. The second-order valence-corrected chi connectivity index (χ2v) is 10.3. The van der Waals surface area contributed by atoms with E-state index in [-0.39, 0.29) is 18.9 Å². The number of nitrogens with zero attached hydrogens (tertiary/aromatic N) is 2. The first-order valence-corrected chi connectivity index (χ1v) is 12.9. The number of ether oxygens (including phenoxy) is 4. The maximum absolute atomic E-state index is 13.7. The van der Waals surface area contributed by atoms with Gasteiger partial charge in [0.2, 0.25) is 11.6 Å². The third-order valence-corrected chi connectivity index (χ3v) is 7.96. The lowest BCUT2D eigenvalue weighted by molar-refractivity contribution is -0.242. The molecule has 0 aliphatic carbocycles. The average Bonchev–Trinajstić information content (AvgIpc) is 3.30. The largest absolute Gasteiger partial charge is 0.453 e. The van der Waals surface area contributed by atoms with Crippen LogP contribution in [0.15, 0.2) is 30.4 Å². The normalized spacial score (nSPS) is 29.2. The number of benzene rings is 1. The fraction of sp³-hybridized carbons (Fsp3) is 0.560. The predicted molar refractivity (Wildman–Crippen MR) is 129 cm³/mol. The Kier molecular flexibility index (Phi) is 7.29. The summed E-state index contributed by atoms with van der Waals surface area (Å²) in [6.45, 7) is 2.93. The Hall–Kier alpha value is -2.17. The van der Waals surface area contributed by atoms with Gasteiger partial charge in [0.25, 0.3) is 0 Å². The minimum atomic E-state index is -1.47. The molecule has 0 saturated carbocycles. The summed E-state index contributed by atoms with van der Waals surface area (Å²) < 4.78 is 23.4. The standard InChI is InChI=1S/C25H28Cl2N2O7/c26-18-4-3-17(14-19(18)27)15-21(30)29-9-1-2-20-25(29,36-23(32)6-5-22(31)35-20)16-28-10-7-24(8-11-28)33-12-13-34-24/h3-6,14,20H,1-2,7-13,15-16H2/b6-5-. The van der Waals surface area contributed by atoms with Gasteiger partial charge in [0.05, 0.1) is 36.2 Å². The van der Waals surface area contributed by atoms with Crippen molar-refractivity contribution in [2.45, 2.75) is 49.7 Å². The van der Waals surface area contributed by atoms with Crippen molar-refractivity contribution in [2.75, 3.05) is 39.4 Å². The summed E-state index contributed by atoms with van der Waals surface area (Å²) in [6.07, 6.45) is 3.69. The van der Waals surface area contributed by atoms with Crippen LogP contribution < -0.4 is 0 Å². The number of fused-ring (bicyclic) bond motifs is 1. The minimum Gasteiger partial charge on any atom is -0.453 e. The molecule has 4 aliphatic rings. The smallest absolute Gasteiger partial charge is 0.333 e. The lowest BCUT2D eigenvalue weighted by Gasteiger charge is -2.52. The Bertz CT molecular complexity index is 1060. The number of carbonyl (C=O) groups is 3. The lowest BCUT2D eigenvalue weighted by Crippen LogP contribution is -2.70. The molecule has 1 spiro atoms. The van der Waals surface area contributed by atoms with Crippen molar-refractivity contribution >= 4 is 41.0 Å². The molecule has 0 N–H and O–H groups in total. The molecule has 36 heavy (non-hydrogen) atoms. The van der Waals surface area contributed by atoms with E-state index in [0.717, 1.165) is 12.2 Å². The molecule has 2 atom stereocenters. The second kappa shape index (κ2) is 10.3. The van der Waals surface area contributed by atoms with E-state index in [0.29, 0.717) is 74.1 Å². The second-order valence-electron chi connectivity index (χ2n) is 9.52. The SMILES string of the molecule is O=C1/C=C\C(=O)OC2(CN3CCC4(CC3)OCCO4)C(CCCN2C(=O)Cc2ccc(Cl)c(Cl)c2)O1. The van der Waals surface area contributed by atoms with Crippen LogP contribution in [0.1, 0.15) is 31.2 Å². The fourth-order valence-electron chi connectivity index (χ4n) is 5.45. The van der Waals surface area contributed by atoms with Crippen LogP contribution in [0.2, 0.25) is 10.0 Å². The van der Waals surface area contributed by atoms with Crippen molar-refractivity contribution in [2.24, 2.45) is 0 Å². The van der Waals surface area contributed by atoms with E-state index < -0.39 is 29.6 Å². The van der Waals surface area contributed by atoms with Gasteiger partial charge in [-0.3, -0.25) is 14.6 Å². The highest BCUT2D eigenvalue weighted by molar-refractivity contribution is 6.42. The molecule has 0 bridgehead atoms. The van der Waals surface area contributed by atoms with E-state index in [4.69, 9.17) is 42.1 Å². The van der Waals surface area contributed by atoms with Crippen molar-refractivity contribution in [3.8, 4) is 0 Å². The molecule has 3 fully saturated rings. The highest BCUT2D eigenvalue weighted by Gasteiger charge is 2.56. The van der Waals surface area contributed by atoms with E-state index in [1.54, 1.807) is 23.1 Å². The molecule has 5 rings (SSSR count). The molecule has 1 aromatic carbocycles. The van der Waals surface area contributed by atoms with Crippen LogP contribution in [0.3, 0.4) is 0 Å². The summed E-state index contributed by atoms with van der Waals surface area (Å²) in [5.74, 6) is -2.16. The molecule has 1 amide bonds. The third-order valence-electron chi connectivity index (χ3n) is 7.22. The number of hydrogen-bond acceptors (Lipinski definition) is 8. The monoisotopic (exact) mass is 538 g/mol. The lowest BCUT2D eigenvalue weighted by atomic mass is 9.91. The fourth-order valence-corrected chi connectivity index (χ4v) is 5.77. The van der Waals surface area contributed by atoms with Gasteiger partial charge in [-0.2, -0.15) is 0 Å². The maximum Gasteiger partial charge on any atom is 0.333 e. The number of carbonyl (C=O) groups excluding carboxylic acids is 3. The number of esters is 2. The molecule has 2 unspecified atom stereocenters. The number of likely N-dealkylation sites (tertiary alicyclic amines) is 2. The maximum atomic E-state index is 13.7. The summed E-state index contributed by atoms with van der Waals surface area (Å²) in [5.41, 5.74) is -0.790. The van der Waals surface area contributed by atoms with Crippen LogP contribution in [0.25, 0.3) is 0 Å². The molecule has 3 saturated heterocycles. The Morgan fingerprint density at radius 2 is 1.72 bits per heavy atom. The zero-order chi connectivity index (χ0) is 25.3. The number of amides is 1. The Morgan fingerprint density at radius 1 is 1.00 bits per heavy atom. The van der Waals surface area contributed by atoms with E-state index in [1.165, 1.54) is 0 Å². The van der Waals surface area contributed by atoms with Gasteiger partial charge < -0.3 is 18.9 Å². The van der Waals surface area contributed by atoms with Crippen molar-refractivity contribution in [1.29, 1.82) is 0 Å². The zero-order valence-corrected chi connectivity index (χ0v) is 21.3. The number of hydrogen-bond donors (Lipinski definition) is 0. The molecule has 0 radical (unpaired) electrons. The van der Waals surface area contributed by atoms with E-state index in [9.17, 15) is 14.4 Å². The molecule has 0 aromatic heterocycles. The quantitative estimate of drug-likeness (QED) is 0.540. The van der Waals surface area contributed by atoms with Gasteiger partial charge in [0.15, 0.2) is 11.9 Å². The van der Waals surface area contributed by atoms with Gasteiger partial charge >= 0.3 is 11.9 Å². The van der Waals surface area contributed by atoms with Crippen LogP contribution in [-0.4, -0.2) is 84.7 Å². The molecular weight excluding hydrogens is 511 g/mol. The Morgan fingerprint density at radius 3 is 2.44 bits per heavy atom. The van der Waals surface area contributed by atoms with Gasteiger partial charge in [-0.25, -0.2) is 9.59 Å². The Labute approximate surface area is 219 Å². The third kappa shape index (κ3) is 5.13. The molecule has 4 aliphatic heterocycles. The number of rotatable bonds is 4. The van der Waals surface area contributed by atoms with Crippen molar-refractivity contribution < 1.29 is 33.3 Å². The molecular formula is C25H28Cl2N2O7. The molecule has 9 nitrogen and oxygen atoms in total. The molecule has 11 heteroatoms. The highest BCUT2D eigenvalue weighted by Crippen LogP contribution is 2.38. The van der Waals surface area contributed by atoms with Gasteiger partial charge in [-0.05, 0) is 30.5 Å². The first-order valence-electron chi connectivity index (χ1n) is 12.1. The van der Waals surface area contributed by atoms with Crippen LogP contribution in [0, 0.1) is 0 Å². The van der Waals surface area contributed by atoms with E-state index >= 15 is 0 Å². The van der Waals surface area contributed by atoms with Crippen LogP contribution in [-0.2, 0) is 39.8 Å². The topological polar surface area (TPSA) is 94.6 Å². The minimum absolute atomic E-state index is 0.0253. The summed E-state index contributed by atoms with van der Waals surface area (Å²) in [5, 5.41) is 0.747. The average molecular weight is 539 g/mol. The van der Waals surface area contributed by atoms with Crippen LogP contribution >= 0.6 is 23.2 Å². The Balaban J connectivity index is 1.43. The van der Waals surface area contributed by atoms with Gasteiger partial charge in [0, 0.05) is 44.6 Å². The van der Waals surface area contributed by atoms with Crippen molar-refractivity contribution in [3.05, 3.63) is 46.0 Å². The molecule has 1 aromatic rings.